The van der Waals surface area contributed by atoms with Crippen LogP contribution in [0.2, 0.25) is 5.02 Å². The zero-order chi connectivity index (χ0) is 28.2. The van der Waals surface area contributed by atoms with Crippen LogP contribution in [0.15, 0.2) is 36.0 Å². The van der Waals surface area contributed by atoms with E-state index in [2.05, 4.69) is 48.9 Å². The molecule has 1 aliphatic rings. The number of anilines is 1. The van der Waals surface area contributed by atoms with Gasteiger partial charge in [0.25, 0.3) is 0 Å². The summed E-state index contributed by atoms with van der Waals surface area (Å²) in [6.07, 6.45) is 5.68. The van der Waals surface area contributed by atoms with E-state index in [1.165, 1.54) is 46.2 Å². The first-order valence-electron chi connectivity index (χ1n) is 12.7. The molecule has 0 saturated carbocycles. The van der Waals surface area contributed by atoms with Gasteiger partial charge in [0.1, 0.15) is 29.2 Å². The van der Waals surface area contributed by atoms with Crippen LogP contribution < -0.4 is 10.1 Å². The van der Waals surface area contributed by atoms with E-state index in [0.29, 0.717) is 39.8 Å². The molecule has 7 nitrogen and oxygen atoms in total. The molecule has 39 heavy (non-hydrogen) atoms. The molecule has 1 N–H and O–H groups in total. The van der Waals surface area contributed by atoms with Gasteiger partial charge in [-0.25, -0.2) is 4.39 Å². The summed E-state index contributed by atoms with van der Waals surface area (Å²) in [7, 11) is 0. The monoisotopic (exact) mass is 587 g/mol. The molecule has 1 atom stereocenters. The summed E-state index contributed by atoms with van der Waals surface area (Å²) in [5.41, 5.74) is 1.92. The van der Waals surface area contributed by atoms with Crippen molar-refractivity contribution >= 4 is 45.6 Å². The zero-order valence-corrected chi connectivity index (χ0v) is 24.6. The van der Waals surface area contributed by atoms with Gasteiger partial charge in [-0.05, 0) is 48.3 Å². The molecular formula is C28H31ClFN5O2S2. The van der Waals surface area contributed by atoms with Crippen LogP contribution in [0.3, 0.4) is 0 Å². The molecule has 3 aromatic rings. The van der Waals surface area contributed by atoms with Crippen LogP contribution in [-0.2, 0) is 30.8 Å². The van der Waals surface area contributed by atoms with Crippen LogP contribution in [0.4, 0.5) is 9.39 Å². The summed E-state index contributed by atoms with van der Waals surface area (Å²) < 4.78 is 20.9. The third-order valence-corrected chi connectivity index (χ3v) is 9.77. The van der Waals surface area contributed by atoms with E-state index in [0.717, 1.165) is 31.2 Å². The number of carbonyl (C=O) groups excluding carboxylic acids is 1. The number of allylic oxidation sites excluding steroid dienone is 1. The molecule has 2 heterocycles. The Balaban J connectivity index is 1.40. The van der Waals surface area contributed by atoms with Gasteiger partial charge in [0.05, 0.1) is 16.3 Å². The van der Waals surface area contributed by atoms with E-state index in [-0.39, 0.29) is 28.7 Å². The van der Waals surface area contributed by atoms with Crippen LogP contribution in [-0.4, -0.2) is 26.4 Å². The van der Waals surface area contributed by atoms with Gasteiger partial charge in [-0.3, -0.25) is 9.36 Å². The molecule has 1 aromatic carbocycles. The Morgan fingerprint density at radius 2 is 2.26 bits per heavy atom. The highest BCUT2D eigenvalue weighted by Gasteiger charge is 2.34. The highest BCUT2D eigenvalue weighted by atomic mass is 35.5. The second-order valence-corrected chi connectivity index (χ2v) is 12.6. The lowest BCUT2D eigenvalue weighted by atomic mass is 9.69. The van der Waals surface area contributed by atoms with Gasteiger partial charge in [0.2, 0.25) is 5.91 Å². The first-order valence-corrected chi connectivity index (χ1v) is 14.9. The minimum absolute atomic E-state index is 0.0296. The molecule has 1 aliphatic carbocycles. The fourth-order valence-electron chi connectivity index (χ4n) is 4.60. The third-order valence-electron chi connectivity index (χ3n) is 7.34. The Morgan fingerprint density at radius 1 is 1.46 bits per heavy atom. The van der Waals surface area contributed by atoms with Crippen molar-refractivity contribution in [1.29, 1.82) is 5.26 Å². The number of halogens is 2. The summed E-state index contributed by atoms with van der Waals surface area (Å²) in [5, 5.41) is 22.4. The average Bonchev–Trinajstić information content (AvgIpc) is 3.47. The standard InChI is InChI=1S/C28H31ClFN5O2S2/c1-5-11-35-24(15-37-18-8-10-22(30)21(29)13-18)33-34-27(35)38-16-25(36)32-26-20(14-31)19-9-7-17(12-23(19)39-26)28(3,4)6-2/h5,8,10,13,17H,1,6-7,9,11-12,15-16H2,2-4H3,(H,32,36). The molecule has 0 radical (unpaired) electrons. The molecular weight excluding hydrogens is 557 g/mol. The fraction of sp³-hybridized carbons (Fsp3) is 0.429. The number of nitrogens with one attached hydrogen (secondary N) is 1. The predicted octanol–water partition coefficient (Wildman–Crippen LogP) is 7.04. The smallest absolute Gasteiger partial charge is 0.235 e. The first kappa shape index (κ1) is 29.1. The number of aromatic nitrogens is 3. The van der Waals surface area contributed by atoms with Crippen molar-refractivity contribution in [2.45, 2.75) is 64.8 Å². The summed E-state index contributed by atoms with van der Waals surface area (Å²) in [5.74, 6) is 0.856. The Morgan fingerprint density at radius 3 is 2.95 bits per heavy atom. The van der Waals surface area contributed by atoms with Crippen LogP contribution >= 0.6 is 34.7 Å². The van der Waals surface area contributed by atoms with Crippen LogP contribution in [0, 0.1) is 28.5 Å². The zero-order valence-electron chi connectivity index (χ0n) is 22.2. The van der Waals surface area contributed by atoms with Gasteiger partial charge in [-0.15, -0.1) is 28.1 Å². The number of nitrogens with zero attached hydrogens (tertiary/aromatic N) is 4. The number of amides is 1. The van der Waals surface area contributed by atoms with Gasteiger partial charge < -0.3 is 10.1 Å². The Hall–Kier alpha value is -2.87. The van der Waals surface area contributed by atoms with Crippen molar-refractivity contribution in [1.82, 2.24) is 14.8 Å². The Labute approximate surface area is 241 Å². The van der Waals surface area contributed by atoms with Crippen molar-refractivity contribution in [2.24, 2.45) is 11.3 Å². The van der Waals surface area contributed by atoms with E-state index in [9.17, 15) is 14.4 Å². The predicted molar refractivity (Wildman–Crippen MR) is 154 cm³/mol. The van der Waals surface area contributed by atoms with Gasteiger partial charge in [-0.2, -0.15) is 5.26 Å². The van der Waals surface area contributed by atoms with Crippen molar-refractivity contribution in [3.63, 3.8) is 0 Å². The number of rotatable bonds is 11. The number of hydrogen-bond donors (Lipinski definition) is 1. The van der Waals surface area contributed by atoms with Crippen LogP contribution in [0.25, 0.3) is 0 Å². The molecule has 0 saturated heterocycles. The molecule has 11 heteroatoms. The van der Waals surface area contributed by atoms with Crippen LogP contribution in [0.5, 0.6) is 5.75 Å². The lowest BCUT2D eigenvalue weighted by Crippen LogP contribution is -2.28. The molecule has 0 fully saturated rings. The second kappa shape index (κ2) is 12.5. The van der Waals surface area contributed by atoms with Gasteiger partial charge in [-0.1, -0.05) is 56.6 Å². The quantitative estimate of drug-likeness (QED) is 0.191. The van der Waals surface area contributed by atoms with E-state index in [4.69, 9.17) is 16.3 Å². The van der Waals surface area contributed by atoms with Crippen LogP contribution in [0.1, 0.15) is 55.4 Å². The first-order chi connectivity index (χ1) is 18.7. The maximum atomic E-state index is 13.4. The molecule has 0 spiro atoms. The molecule has 206 valence electrons. The van der Waals surface area contributed by atoms with Crippen molar-refractivity contribution in [3.8, 4) is 11.8 Å². The number of hydrogen-bond acceptors (Lipinski definition) is 7. The lowest BCUT2D eigenvalue weighted by Gasteiger charge is -2.36. The van der Waals surface area contributed by atoms with Crippen molar-refractivity contribution in [3.05, 3.63) is 63.5 Å². The molecule has 0 aliphatic heterocycles. The Kier molecular flexibility index (Phi) is 9.36. The number of fused-ring (bicyclic) bond motifs is 1. The molecule has 0 bridgehead atoms. The Bertz CT molecular complexity index is 1410. The summed E-state index contributed by atoms with van der Waals surface area (Å²) in [4.78, 5) is 14.1. The SMILES string of the molecule is C=CCn1c(COc2ccc(F)c(Cl)c2)nnc1SCC(=O)Nc1sc2c(c1C#N)CCC(C(C)(C)CC)C2. The molecule has 1 amide bonds. The number of carbonyl (C=O) groups is 1. The minimum Gasteiger partial charge on any atom is -0.486 e. The topological polar surface area (TPSA) is 92.8 Å². The normalized spacial score (nSPS) is 14.9. The molecule has 4 rings (SSSR count). The van der Waals surface area contributed by atoms with Gasteiger partial charge in [0.15, 0.2) is 11.0 Å². The van der Waals surface area contributed by atoms with E-state index >= 15 is 0 Å². The number of benzene rings is 1. The van der Waals surface area contributed by atoms with E-state index in [1.807, 2.05) is 0 Å². The number of thiophene rings is 1. The number of nitriles is 1. The number of thioether (sulfide) groups is 1. The summed E-state index contributed by atoms with van der Waals surface area (Å²) in [6.45, 7) is 11.1. The van der Waals surface area contributed by atoms with Gasteiger partial charge >= 0.3 is 0 Å². The maximum absolute atomic E-state index is 13.4. The lowest BCUT2D eigenvalue weighted by molar-refractivity contribution is -0.113. The number of ether oxygens (including phenoxy) is 1. The second-order valence-electron chi connectivity index (χ2n) is 10.1. The van der Waals surface area contributed by atoms with Crippen molar-refractivity contribution in [2.75, 3.05) is 11.1 Å². The summed E-state index contributed by atoms with van der Waals surface area (Å²) in [6, 6.07) is 6.44. The third kappa shape index (κ3) is 6.65. The summed E-state index contributed by atoms with van der Waals surface area (Å²) >= 11 is 8.60. The largest absolute Gasteiger partial charge is 0.486 e. The fourth-order valence-corrected chi connectivity index (χ4v) is 6.83. The maximum Gasteiger partial charge on any atom is 0.235 e. The van der Waals surface area contributed by atoms with E-state index in [1.54, 1.807) is 10.6 Å². The van der Waals surface area contributed by atoms with Crippen molar-refractivity contribution < 1.29 is 13.9 Å². The molecule has 2 aromatic heterocycles. The van der Waals surface area contributed by atoms with Gasteiger partial charge in [0, 0.05) is 17.5 Å². The highest BCUT2D eigenvalue weighted by molar-refractivity contribution is 7.99. The minimum atomic E-state index is -0.523. The van der Waals surface area contributed by atoms with E-state index < -0.39 is 5.82 Å². The molecule has 1 unspecified atom stereocenters. The highest BCUT2D eigenvalue weighted by Crippen LogP contribution is 2.45. The average molecular weight is 588 g/mol.